The van der Waals surface area contributed by atoms with Crippen molar-refractivity contribution >= 4 is 13.8 Å². The summed E-state index contributed by atoms with van der Waals surface area (Å²) < 4.78 is 34.3. The third-order valence-corrected chi connectivity index (χ3v) is 13.0. The standard InChI is InChI=1S/C51H95O12P/c1-3-5-7-9-11-13-15-17-18-19-20-21-22-23-24-25-26-27-29-31-33-35-37-39-41-60-42-44(43-61-64(58,59)63-51-49(56)47(54)46(53)48(55)50(51)57)62-45(52)40-38-36-34-32-30-28-16-14-12-10-8-6-4-2/h14-17,19-20,44,46-51,53-57H,3-13,18,21-43H2,1-2H3,(H,58,59)/b16-14-,17-15-,20-19-. The molecule has 1 aliphatic carbocycles. The predicted octanol–water partition coefficient (Wildman–Crippen LogP) is 11.4. The number of carbonyl (C=O) groups is 1. The number of esters is 1. The summed E-state index contributed by atoms with van der Waals surface area (Å²) in [4.78, 5) is 23.2. The third-order valence-electron chi connectivity index (χ3n) is 12.0. The van der Waals surface area contributed by atoms with Crippen LogP contribution in [-0.2, 0) is 27.9 Å². The van der Waals surface area contributed by atoms with E-state index in [0.717, 1.165) is 64.2 Å². The SMILES string of the molecule is CCCCCC/C=C\CCCCCCCC(=O)OC(COCCCCCCCCCCCCCC/C=C\C/C=C\CCCCCCC)COP(=O)(O)OC1C(O)C(O)C(O)C(O)C1O. The van der Waals surface area contributed by atoms with Crippen LogP contribution in [0.3, 0.4) is 0 Å². The van der Waals surface area contributed by atoms with Gasteiger partial charge in [-0.05, 0) is 70.6 Å². The highest BCUT2D eigenvalue weighted by Crippen LogP contribution is 2.47. The summed E-state index contributed by atoms with van der Waals surface area (Å²) in [6, 6.07) is 0. The molecule has 376 valence electrons. The quantitative estimate of drug-likeness (QED) is 0.0147. The average molecular weight is 931 g/mol. The molecule has 0 aliphatic heterocycles. The second kappa shape index (κ2) is 41.7. The van der Waals surface area contributed by atoms with Crippen molar-refractivity contribution in [2.45, 2.75) is 262 Å². The van der Waals surface area contributed by atoms with E-state index in [-0.39, 0.29) is 13.0 Å². The molecule has 0 saturated heterocycles. The molecule has 0 aromatic heterocycles. The molecule has 0 heterocycles. The molecule has 0 radical (unpaired) electrons. The number of phosphoric acid groups is 1. The fourth-order valence-electron chi connectivity index (χ4n) is 7.85. The van der Waals surface area contributed by atoms with Gasteiger partial charge in [-0.3, -0.25) is 13.8 Å². The van der Waals surface area contributed by atoms with Crippen LogP contribution in [0.1, 0.15) is 219 Å². The number of hydrogen-bond acceptors (Lipinski definition) is 11. The first-order valence-corrected chi connectivity index (χ1v) is 27.3. The fraction of sp³-hybridized carbons (Fsp3) is 0.863. The molecule has 6 N–H and O–H groups in total. The number of carbonyl (C=O) groups excluding carboxylic acids is 1. The van der Waals surface area contributed by atoms with Gasteiger partial charge < -0.3 is 39.9 Å². The Bertz CT molecular complexity index is 1200. The van der Waals surface area contributed by atoms with E-state index in [4.69, 9.17) is 18.5 Å². The zero-order chi connectivity index (χ0) is 46.9. The summed E-state index contributed by atoms with van der Waals surface area (Å²) in [5.74, 6) is -0.486. The molecule has 0 amide bonds. The summed E-state index contributed by atoms with van der Waals surface area (Å²) in [6.07, 6.45) is 37.9. The Kier molecular flexibility index (Phi) is 39.5. The molecule has 1 aliphatic rings. The smallest absolute Gasteiger partial charge is 0.457 e. The normalized spacial score (nSPS) is 21.9. The van der Waals surface area contributed by atoms with Crippen LogP contribution in [0, 0.1) is 0 Å². The maximum atomic E-state index is 12.8. The molecule has 1 fully saturated rings. The van der Waals surface area contributed by atoms with Gasteiger partial charge in [0.25, 0.3) is 0 Å². The van der Waals surface area contributed by atoms with Gasteiger partial charge >= 0.3 is 13.8 Å². The zero-order valence-electron chi connectivity index (χ0n) is 40.3. The Hall–Kier alpha value is -1.44. The molecule has 6 atom stereocenters. The van der Waals surface area contributed by atoms with Gasteiger partial charge in [0.1, 0.15) is 42.7 Å². The Balaban J connectivity index is 2.29. The fourth-order valence-corrected chi connectivity index (χ4v) is 8.82. The lowest BCUT2D eigenvalue weighted by Gasteiger charge is -2.41. The predicted molar refractivity (Wildman–Crippen MR) is 258 cm³/mol. The van der Waals surface area contributed by atoms with Gasteiger partial charge in [0.2, 0.25) is 0 Å². The number of hydrogen-bond donors (Lipinski definition) is 6. The van der Waals surface area contributed by atoms with Crippen molar-refractivity contribution in [3.8, 4) is 0 Å². The minimum Gasteiger partial charge on any atom is -0.457 e. The van der Waals surface area contributed by atoms with E-state index >= 15 is 0 Å². The van der Waals surface area contributed by atoms with E-state index in [2.05, 4.69) is 50.3 Å². The molecule has 1 rings (SSSR count). The van der Waals surface area contributed by atoms with Crippen molar-refractivity contribution in [1.82, 2.24) is 0 Å². The molecule has 13 heteroatoms. The molecule has 6 unspecified atom stereocenters. The van der Waals surface area contributed by atoms with Gasteiger partial charge in [0.05, 0.1) is 13.2 Å². The molecule has 1 saturated carbocycles. The van der Waals surface area contributed by atoms with Crippen molar-refractivity contribution in [2.75, 3.05) is 19.8 Å². The van der Waals surface area contributed by atoms with Crippen molar-refractivity contribution in [3.63, 3.8) is 0 Å². The Morgan fingerprint density at radius 1 is 0.500 bits per heavy atom. The summed E-state index contributed by atoms with van der Waals surface area (Å²) in [6.45, 7) is 4.24. The zero-order valence-corrected chi connectivity index (χ0v) is 41.2. The number of ether oxygens (including phenoxy) is 2. The van der Waals surface area contributed by atoms with Crippen molar-refractivity contribution in [2.24, 2.45) is 0 Å². The van der Waals surface area contributed by atoms with Crippen LogP contribution < -0.4 is 0 Å². The monoisotopic (exact) mass is 931 g/mol. The van der Waals surface area contributed by atoms with Gasteiger partial charge in [-0.2, -0.15) is 0 Å². The van der Waals surface area contributed by atoms with Gasteiger partial charge in [-0.1, -0.05) is 179 Å². The van der Waals surface area contributed by atoms with E-state index < -0.39 is 63.1 Å². The second-order valence-corrected chi connectivity index (χ2v) is 19.4. The number of allylic oxidation sites excluding steroid dienone is 6. The van der Waals surface area contributed by atoms with Crippen molar-refractivity contribution in [3.05, 3.63) is 36.5 Å². The minimum atomic E-state index is -5.02. The lowest BCUT2D eigenvalue weighted by Crippen LogP contribution is -2.64. The van der Waals surface area contributed by atoms with Gasteiger partial charge in [-0.25, -0.2) is 4.57 Å². The second-order valence-electron chi connectivity index (χ2n) is 18.0. The number of unbranched alkanes of at least 4 members (excludes halogenated alkanes) is 26. The van der Waals surface area contributed by atoms with Crippen molar-refractivity contribution in [1.29, 1.82) is 0 Å². The van der Waals surface area contributed by atoms with E-state index in [1.165, 1.54) is 128 Å². The van der Waals surface area contributed by atoms with Gasteiger partial charge in [-0.15, -0.1) is 0 Å². The maximum absolute atomic E-state index is 12.8. The van der Waals surface area contributed by atoms with Gasteiger partial charge in [0.15, 0.2) is 0 Å². The molecule has 0 aromatic carbocycles. The lowest BCUT2D eigenvalue weighted by molar-refractivity contribution is -0.220. The topological polar surface area (TPSA) is 192 Å². The number of aliphatic hydroxyl groups is 5. The molecule has 0 bridgehead atoms. The van der Waals surface area contributed by atoms with E-state index in [0.29, 0.717) is 13.0 Å². The average Bonchev–Trinajstić information content (AvgIpc) is 3.28. The Morgan fingerprint density at radius 2 is 0.875 bits per heavy atom. The highest BCUT2D eigenvalue weighted by molar-refractivity contribution is 7.47. The molecule has 0 aromatic rings. The minimum absolute atomic E-state index is 0.0795. The first-order valence-electron chi connectivity index (χ1n) is 25.8. The summed E-state index contributed by atoms with van der Waals surface area (Å²) in [5, 5.41) is 50.3. The first kappa shape index (κ1) is 60.6. The van der Waals surface area contributed by atoms with E-state index in [9.17, 15) is 39.8 Å². The van der Waals surface area contributed by atoms with Crippen molar-refractivity contribution < 1.29 is 58.3 Å². The van der Waals surface area contributed by atoms with Crippen LogP contribution >= 0.6 is 7.82 Å². The number of aliphatic hydroxyl groups excluding tert-OH is 5. The van der Waals surface area contributed by atoms with E-state index in [1.807, 2.05) is 0 Å². The third kappa shape index (κ3) is 33.1. The van der Waals surface area contributed by atoms with Crippen LogP contribution in [0.2, 0.25) is 0 Å². The molecule has 0 spiro atoms. The van der Waals surface area contributed by atoms with Crippen LogP contribution in [0.4, 0.5) is 0 Å². The molecule has 12 nitrogen and oxygen atoms in total. The van der Waals surface area contributed by atoms with Crippen LogP contribution in [0.15, 0.2) is 36.5 Å². The molecular weight excluding hydrogens is 836 g/mol. The molecular formula is C51H95O12P. The lowest BCUT2D eigenvalue weighted by atomic mass is 9.85. The van der Waals surface area contributed by atoms with E-state index in [1.54, 1.807) is 0 Å². The summed E-state index contributed by atoms with van der Waals surface area (Å²) >= 11 is 0. The van der Waals surface area contributed by atoms with Gasteiger partial charge in [0, 0.05) is 13.0 Å². The van der Waals surface area contributed by atoms with Crippen LogP contribution in [-0.4, -0.2) is 98.9 Å². The van der Waals surface area contributed by atoms with Crippen LogP contribution in [0.25, 0.3) is 0 Å². The summed E-state index contributed by atoms with van der Waals surface area (Å²) in [7, 11) is -5.02. The molecule has 64 heavy (non-hydrogen) atoms. The largest absolute Gasteiger partial charge is 0.472 e. The maximum Gasteiger partial charge on any atom is 0.472 e. The van der Waals surface area contributed by atoms with Crippen LogP contribution in [0.5, 0.6) is 0 Å². The Labute approximate surface area is 389 Å². The number of phosphoric ester groups is 1. The summed E-state index contributed by atoms with van der Waals surface area (Å²) in [5.41, 5.74) is 0. The highest BCUT2D eigenvalue weighted by Gasteiger charge is 2.51. The first-order chi connectivity index (χ1) is 31.0. The highest BCUT2D eigenvalue weighted by atomic mass is 31.2. The Morgan fingerprint density at radius 3 is 1.34 bits per heavy atom. The number of rotatable bonds is 44.